The molecule has 0 aromatic carbocycles. The summed E-state index contributed by atoms with van der Waals surface area (Å²) >= 11 is 0. The molecule has 1 aromatic heterocycles. The highest BCUT2D eigenvalue weighted by atomic mass is 16.2. The number of hydrogen-bond acceptors (Lipinski definition) is 3. The molecule has 2 fully saturated rings. The van der Waals surface area contributed by atoms with Crippen molar-refractivity contribution in [1.29, 1.82) is 0 Å². The minimum Gasteiger partial charge on any atom is -0.355 e. The number of aromatic nitrogens is 2. The van der Waals surface area contributed by atoms with Gasteiger partial charge in [-0.05, 0) is 32.3 Å². The topological polar surface area (TPSA) is 67.2 Å². The Balaban J connectivity index is 1.55. The van der Waals surface area contributed by atoms with Gasteiger partial charge in [-0.25, -0.2) is 0 Å². The fraction of sp³-hybridized carbons (Fsp3) is 0.688. The Kier molecular flexibility index (Phi) is 4.45. The number of carbonyl (C=O) groups is 2. The van der Waals surface area contributed by atoms with Gasteiger partial charge < -0.3 is 10.2 Å². The van der Waals surface area contributed by atoms with Crippen LogP contribution >= 0.6 is 0 Å². The van der Waals surface area contributed by atoms with Crippen LogP contribution in [0.1, 0.15) is 44.2 Å². The van der Waals surface area contributed by atoms with Gasteiger partial charge in [0.05, 0.1) is 5.92 Å². The van der Waals surface area contributed by atoms with Gasteiger partial charge in [-0.1, -0.05) is 0 Å². The van der Waals surface area contributed by atoms with E-state index in [1.54, 1.807) is 0 Å². The van der Waals surface area contributed by atoms with Crippen LogP contribution in [0.4, 0.5) is 0 Å². The zero-order valence-corrected chi connectivity index (χ0v) is 13.1. The quantitative estimate of drug-likeness (QED) is 0.910. The van der Waals surface area contributed by atoms with Crippen molar-refractivity contribution in [2.45, 2.75) is 45.1 Å². The molecule has 0 bridgehead atoms. The third-order valence-corrected chi connectivity index (χ3v) is 4.89. The Morgan fingerprint density at radius 3 is 2.77 bits per heavy atom. The highest BCUT2D eigenvalue weighted by Crippen LogP contribution is 2.29. The number of rotatable bonds is 3. The Morgan fingerprint density at radius 1 is 1.36 bits per heavy atom. The normalized spacial score (nSPS) is 23.4. The van der Waals surface area contributed by atoms with E-state index in [1.165, 1.54) is 5.69 Å². The minimum absolute atomic E-state index is 0.0320. The largest absolute Gasteiger partial charge is 0.355 e. The number of nitrogens with one attached hydrogen (secondary N) is 1. The minimum atomic E-state index is -0.0320. The number of carbonyl (C=O) groups excluding carboxylic acids is 2. The molecule has 1 unspecified atom stereocenters. The van der Waals surface area contributed by atoms with Crippen LogP contribution in [0.5, 0.6) is 0 Å². The first-order valence-electron chi connectivity index (χ1n) is 8.26. The van der Waals surface area contributed by atoms with E-state index in [2.05, 4.69) is 28.1 Å². The fourth-order valence-corrected chi connectivity index (χ4v) is 3.55. The van der Waals surface area contributed by atoms with Crippen molar-refractivity contribution < 1.29 is 9.59 Å². The summed E-state index contributed by atoms with van der Waals surface area (Å²) in [7, 11) is 0. The molecule has 1 N–H and O–H groups in total. The lowest BCUT2D eigenvalue weighted by Gasteiger charge is -2.35. The van der Waals surface area contributed by atoms with Crippen LogP contribution in [0.25, 0.3) is 0 Å². The van der Waals surface area contributed by atoms with Gasteiger partial charge in [-0.2, -0.15) is 5.10 Å². The molecule has 2 amide bonds. The standard InChI is InChI=1S/C16H24N4O2/c1-2-20-14(5-8-18-20)12-6-9-19(10-7-12)16(22)13-3-4-15(21)17-11-13/h5,8,12-13H,2-4,6-7,9-11H2,1H3,(H,17,21). The number of nitrogens with zero attached hydrogens (tertiary/aromatic N) is 3. The molecule has 6 heteroatoms. The third-order valence-electron chi connectivity index (χ3n) is 4.89. The third kappa shape index (κ3) is 3.00. The van der Waals surface area contributed by atoms with Crippen LogP contribution in [0.15, 0.2) is 12.3 Å². The molecule has 1 atom stereocenters. The summed E-state index contributed by atoms with van der Waals surface area (Å²) in [6.07, 6.45) is 5.02. The van der Waals surface area contributed by atoms with E-state index in [1.807, 2.05) is 11.1 Å². The molecule has 2 aliphatic rings. The van der Waals surface area contributed by atoms with Crippen LogP contribution < -0.4 is 5.32 Å². The molecular formula is C16H24N4O2. The lowest BCUT2D eigenvalue weighted by atomic mass is 9.91. The molecule has 0 saturated carbocycles. The van der Waals surface area contributed by atoms with Gasteiger partial charge in [0.15, 0.2) is 0 Å². The van der Waals surface area contributed by atoms with E-state index < -0.39 is 0 Å². The van der Waals surface area contributed by atoms with Crippen LogP contribution in [-0.2, 0) is 16.1 Å². The van der Waals surface area contributed by atoms with Crippen molar-refractivity contribution in [2.24, 2.45) is 5.92 Å². The molecule has 22 heavy (non-hydrogen) atoms. The first-order valence-corrected chi connectivity index (χ1v) is 8.26. The van der Waals surface area contributed by atoms with E-state index in [9.17, 15) is 9.59 Å². The zero-order valence-electron chi connectivity index (χ0n) is 13.1. The highest BCUT2D eigenvalue weighted by Gasteiger charge is 2.31. The Morgan fingerprint density at radius 2 is 2.14 bits per heavy atom. The maximum Gasteiger partial charge on any atom is 0.227 e. The summed E-state index contributed by atoms with van der Waals surface area (Å²) in [5.41, 5.74) is 1.29. The van der Waals surface area contributed by atoms with Crippen molar-refractivity contribution in [2.75, 3.05) is 19.6 Å². The summed E-state index contributed by atoms with van der Waals surface area (Å²) in [5, 5.41) is 7.14. The predicted molar refractivity (Wildman–Crippen MR) is 82.2 cm³/mol. The van der Waals surface area contributed by atoms with Gasteiger partial charge in [0.2, 0.25) is 11.8 Å². The molecule has 1 aromatic rings. The molecule has 6 nitrogen and oxygen atoms in total. The van der Waals surface area contributed by atoms with Crippen molar-refractivity contribution in [1.82, 2.24) is 20.0 Å². The maximum absolute atomic E-state index is 12.5. The highest BCUT2D eigenvalue weighted by molar-refractivity contribution is 5.83. The molecule has 2 aliphatic heterocycles. The van der Waals surface area contributed by atoms with E-state index >= 15 is 0 Å². The number of piperidine rings is 2. The Labute approximate surface area is 130 Å². The molecule has 3 heterocycles. The molecular weight excluding hydrogens is 280 g/mol. The lowest BCUT2D eigenvalue weighted by molar-refractivity contribution is -0.138. The summed E-state index contributed by atoms with van der Waals surface area (Å²) in [4.78, 5) is 25.7. The summed E-state index contributed by atoms with van der Waals surface area (Å²) in [6, 6.07) is 2.10. The van der Waals surface area contributed by atoms with Crippen LogP contribution in [0, 0.1) is 5.92 Å². The van der Waals surface area contributed by atoms with Crippen molar-refractivity contribution in [3.63, 3.8) is 0 Å². The van der Waals surface area contributed by atoms with Gasteiger partial charge in [-0.3, -0.25) is 14.3 Å². The summed E-state index contributed by atoms with van der Waals surface area (Å²) < 4.78 is 2.05. The predicted octanol–water partition coefficient (Wildman–Crippen LogP) is 1.14. The monoisotopic (exact) mass is 304 g/mol. The van der Waals surface area contributed by atoms with Crippen molar-refractivity contribution in [3.05, 3.63) is 18.0 Å². The summed E-state index contributed by atoms with van der Waals surface area (Å²) in [5.74, 6) is 0.742. The van der Waals surface area contributed by atoms with Crippen molar-refractivity contribution in [3.8, 4) is 0 Å². The van der Waals surface area contributed by atoms with Gasteiger partial charge in [0.25, 0.3) is 0 Å². The number of aryl methyl sites for hydroxylation is 1. The molecule has 0 spiro atoms. The van der Waals surface area contributed by atoms with E-state index in [-0.39, 0.29) is 17.7 Å². The molecule has 0 radical (unpaired) electrons. The molecule has 0 aliphatic carbocycles. The van der Waals surface area contributed by atoms with E-state index in [4.69, 9.17) is 0 Å². The van der Waals surface area contributed by atoms with Crippen LogP contribution in [0.3, 0.4) is 0 Å². The molecule has 120 valence electrons. The first-order chi connectivity index (χ1) is 10.7. The van der Waals surface area contributed by atoms with Gasteiger partial charge >= 0.3 is 0 Å². The number of amides is 2. The Bertz CT molecular complexity index is 536. The second-order valence-corrected chi connectivity index (χ2v) is 6.21. The zero-order chi connectivity index (χ0) is 15.5. The molecule has 3 rings (SSSR count). The number of hydrogen-bond donors (Lipinski definition) is 1. The van der Waals surface area contributed by atoms with Gasteiger partial charge in [-0.15, -0.1) is 0 Å². The van der Waals surface area contributed by atoms with Gasteiger partial charge in [0.1, 0.15) is 0 Å². The number of likely N-dealkylation sites (tertiary alicyclic amines) is 1. The van der Waals surface area contributed by atoms with Crippen molar-refractivity contribution >= 4 is 11.8 Å². The maximum atomic E-state index is 12.5. The van der Waals surface area contributed by atoms with E-state index in [0.29, 0.717) is 25.3 Å². The average Bonchev–Trinajstić information content (AvgIpc) is 3.04. The Hall–Kier alpha value is -1.85. The fourth-order valence-electron chi connectivity index (χ4n) is 3.55. The average molecular weight is 304 g/mol. The SMILES string of the molecule is CCn1nccc1C1CCN(C(=O)C2CCC(=O)NC2)CC1. The lowest BCUT2D eigenvalue weighted by Crippen LogP contribution is -2.47. The smallest absolute Gasteiger partial charge is 0.227 e. The summed E-state index contributed by atoms with van der Waals surface area (Å²) in [6.45, 7) is 5.11. The first kappa shape index (κ1) is 15.1. The van der Waals surface area contributed by atoms with Gasteiger partial charge in [0, 0.05) is 50.4 Å². The van der Waals surface area contributed by atoms with E-state index in [0.717, 1.165) is 32.5 Å². The van der Waals surface area contributed by atoms with Crippen LogP contribution in [-0.4, -0.2) is 46.1 Å². The second-order valence-electron chi connectivity index (χ2n) is 6.21. The second kappa shape index (κ2) is 6.50. The molecule has 2 saturated heterocycles. The van der Waals surface area contributed by atoms with Crippen LogP contribution in [0.2, 0.25) is 0 Å².